The normalized spacial score (nSPS) is 10.0. The molecule has 1 aromatic heterocycles. The van der Waals surface area contributed by atoms with E-state index in [1.54, 1.807) is 11.3 Å². The molecule has 1 aromatic carbocycles. The van der Waals surface area contributed by atoms with Crippen molar-refractivity contribution in [1.82, 2.24) is 0 Å². The minimum absolute atomic E-state index is 0.179. The Kier molecular flexibility index (Phi) is 4.35. The van der Waals surface area contributed by atoms with Crippen LogP contribution in [0.3, 0.4) is 0 Å². The molecule has 92 valence electrons. The number of nitriles is 1. The summed E-state index contributed by atoms with van der Waals surface area (Å²) in [5.41, 5.74) is 2.89. The van der Waals surface area contributed by atoms with E-state index in [0.717, 1.165) is 28.2 Å². The van der Waals surface area contributed by atoms with Crippen LogP contribution in [0.1, 0.15) is 16.0 Å². The second-order valence-electron chi connectivity index (χ2n) is 3.94. The molecule has 0 bridgehead atoms. The zero-order chi connectivity index (χ0) is 12.8. The van der Waals surface area contributed by atoms with E-state index in [-0.39, 0.29) is 6.61 Å². The molecule has 0 aliphatic heterocycles. The van der Waals surface area contributed by atoms with Crippen LogP contribution in [-0.4, -0.2) is 11.7 Å². The fraction of sp³-hybridized carbons (Fsp3) is 0.214. The Morgan fingerprint density at radius 3 is 2.67 bits per heavy atom. The van der Waals surface area contributed by atoms with Crippen LogP contribution < -0.4 is 5.32 Å². The van der Waals surface area contributed by atoms with Crippen LogP contribution in [0.4, 0.5) is 5.69 Å². The van der Waals surface area contributed by atoms with Gasteiger partial charge in [-0.3, -0.25) is 0 Å². The third-order valence-electron chi connectivity index (χ3n) is 2.60. The molecule has 2 N–H and O–H groups in total. The number of aliphatic hydroxyl groups excluding tert-OH is 1. The summed E-state index contributed by atoms with van der Waals surface area (Å²) in [4.78, 5) is 1.14. The topological polar surface area (TPSA) is 56.0 Å². The first-order valence-electron chi connectivity index (χ1n) is 5.73. The fourth-order valence-corrected chi connectivity index (χ4v) is 2.39. The molecule has 0 unspecified atom stereocenters. The van der Waals surface area contributed by atoms with Crippen molar-refractivity contribution in [2.75, 3.05) is 11.9 Å². The molecular weight excluding hydrogens is 244 g/mol. The first kappa shape index (κ1) is 12.6. The number of rotatable bonds is 5. The van der Waals surface area contributed by atoms with Crippen molar-refractivity contribution in [2.24, 2.45) is 0 Å². The number of nitrogens with zero attached hydrogens (tertiary/aromatic N) is 1. The van der Waals surface area contributed by atoms with Gasteiger partial charge in [-0.1, -0.05) is 12.1 Å². The summed E-state index contributed by atoms with van der Waals surface area (Å²) in [5.74, 6) is 0. The van der Waals surface area contributed by atoms with Crippen LogP contribution >= 0.6 is 11.3 Å². The van der Waals surface area contributed by atoms with Crippen LogP contribution in [0.25, 0.3) is 0 Å². The second-order valence-corrected chi connectivity index (χ2v) is 4.93. The van der Waals surface area contributed by atoms with E-state index in [1.807, 2.05) is 35.7 Å². The molecule has 0 atom stereocenters. The molecule has 0 aliphatic rings. The number of benzene rings is 1. The Balaban J connectivity index is 1.91. The van der Waals surface area contributed by atoms with Gasteiger partial charge in [-0.2, -0.15) is 5.26 Å². The van der Waals surface area contributed by atoms with Gasteiger partial charge in [0.1, 0.15) is 6.07 Å². The molecule has 0 aliphatic carbocycles. The zero-order valence-corrected chi connectivity index (χ0v) is 10.7. The van der Waals surface area contributed by atoms with Gasteiger partial charge >= 0.3 is 0 Å². The summed E-state index contributed by atoms with van der Waals surface area (Å²) in [5, 5.41) is 22.7. The predicted octanol–water partition coefficient (Wildman–Crippen LogP) is 2.77. The van der Waals surface area contributed by atoms with Gasteiger partial charge in [0.2, 0.25) is 0 Å². The van der Waals surface area contributed by atoms with Gasteiger partial charge in [0, 0.05) is 29.1 Å². The lowest BCUT2D eigenvalue weighted by Crippen LogP contribution is -1.98. The van der Waals surface area contributed by atoms with E-state index in [2.05, 4.69) is 11.4 Å². The SMILES string of the molecule is N#Cc1csc(CNc2ccc(CCO)cc2)c1. The van der Waals surface area contributed by atoms with Gasteiger partial charge in [-0.15, -0.1) is 11.3 Å². The Hall–Kier alpha value is -1.83. The summed E-state index contributed by atoms with van der Waals surface area (Å²) in [6.07, 6.45) is 0.691. The first-order valence-corrected chi connectivity index (χ1v) is 6.61. The van der Waals surface area contributed by atoms with Crippen molar-refractivity contribution in [2.45, 2.75) is 13.0 Å². The summed E-state index contributed by atoms with van der Waals surface area (Å²) < 4.78 is 0. The van der Waals surface area contributed by atoms with Gasteiger partial charge in [0.15, 0.2) is 0 Å². The van der Waals surface area contributed by atoms with Crippen LogP contribution in [0.15, 0.2) is 35.7 Å². The zero-order valence-electron chi connectivity index (χ0n) is 9.89. The van der Waals surface area contributed by atoms with Gasteiger partial charge < -0.3 is 10.4 Å². The highest BCUT2D eigenvalue weighted by atomic mass is 32.1. The largest absolute Gasteiger partial charge is 0.396 e. The molecule has 4 heteroatoms. The Morgan fingerprint density at radius 2 is 2.06 bits per heavy atom. The molecule has 0 spiro atoms. The van der Waals surface area contributed by atoms with Gasteiger partial charge in [0.05, 0.1) is 5.56 Å². The third kappa shape index (κ3) is 3.33. The van der Waals surface area contributed by atoms with Crippen LogP contribution in [0.2, 0.25) is 0 Å². The Morgan fingerprint density at radius 1 is 1.28 bits per heavy atom. The van der Waals surface area contributed by atoms with Crippen molar-refractivity contribution in [3.8, 4) is 6.07 Å². The number of nitrogens with one attached hydrogen (secondary N) is 1. The molecule has 2 rings (SSSR count). The Labute approximate surface area is 110 Å². The van der Waals surface area contributed by atoms with E-state index in [9.17, 15) is 0 Å². The van der Waals surface area contributed by atoms with E-state index >= 15 is 0 Å². The summed E-state index contributed by atoms with van der Waals surface area (Å²) in [7, 11) is 0. The van der Waals surface area contributed by atoms with E-state index in [4.69, 9.17) is 10.4 Å². The maximum absolute atomic E-state index is 8.83. The van der Waals surface area contributed by atoms with E-state index < -0.39 is 0 Å². The predicted molar refractivity (Wildman–Crippen MR) is 73.6 cm³/mol. The lowest BCUT2D eigenvalue weighted by atomic mass is 10.1. The van der Waals surface area contributed by atoms with Gasteiger partial charge in [-0.25, -0.2) is 0 Å². The summed E-state index contributed by atoms with van der Waals surface area (Å²) >= 11 is 1.59. The molecule has 2 aromatic rings. The van der Waals surface area contributed by atoms with E-state index in [1.165, 1.54) is 0 Å². The van der Waals surface area contributed by atoms with E-state index in [0.29, 0.717) is 6.42 Å². The highest BCUT2D eigenvalue weighted by Crippen LogP contribution is 2.16. The lowest BCUT2D eigenvalue weighted by Gasteiger charge is -2.05. The quantitative estimate of drug-likeness (QED) is 0.867. The minimum Gasteiger partial charge on any atom is -0.396 e. The molecule has 0 amide bonds. The average molecular weight is 258 g/mol. The highest BCUT2D eigenvalue weighted by Gasteiger charge is 1.99. The number of anilines is 1. The van der Waals surface area contributed by atoms with Crippen LogP contribution in [-0.2, 0) is 13.0 Å². The maximum Gasteiger partial charge on any atom is 0.100 e. The van der Waals surface area contributed by atoms with Crippen LogP contribution in [0, 0.1) is 11.3 Å². The first-order chi connectivity index (χ1) is 8.81. The molecule has 0 saturated carbocycles. The fourth-order valence-electron chi connectivity index (χ4n) is 1.64. The standard InChI is InChI=1S/C14H14N2OS/c15-8-12-7-14(18-10-12)9-16-13-3-1-11(2-4-13)5-6-17/h1-4,7,10,16-17H,5-6,9H2. The monoisotopic (exact) mass is 258 g/mol. The molecule has 18 heavy (non-hydrogen) atoms. The van der Waals surface area contributed by atoms with Crippen molar-refractivity contribution in [1.29, 1.82) is 5.26 Å². The number of hydrogen-bond acceptors (Lipinski definition) is 4. The van der Waals surface area contributed by atoms with Gasteiger partial charge in [0.25, 0.3) is 0 Å². The van der Waals surface area contributed by atoms with Crippen molar-refractivity contribution in [3.63, 3.8) is 0 Å². The molecular formula is C14H14N2OS. The number of aliphatic hydroxyl groups is 1. The molecule has 3 nitrogen and oxygen atoms in total. The summed E-state index contributed by atoms with van der Waals surface area (Å²) in [6, 6.07) is 12.0. The average Bonchev–Trinajstić information content (AvgIpc) is 2.86. The summed E-state index contributed by atoms with van der Waals surface area (Å²) in [6.45, 7) is 0.907. The van der Waals surface area contributed by atoms with Crippen LogP contribution in [0.5, 0.6) is 0 Å². The highest BCUT2D eigenvalue weighted by molar-refractivity contribution is 7.10. The molecule has 0 fully saturated rings. The van der Waals surface area contributed by atoms with Crippen molar-refractivity contribution >= 4 is 17.0 Å². The maximum atomic E-state index is 8.83. The Bertz CT molecular complexity index is 540. The van der Waals surface area contributed by atoms with Gasteiger partial charge in [-0.05, 0) is 30.2 Å². The number of hydrogen-bond donors (Lipinski definition) is 2. The van der Waals surface area contributed by atoms with Crippen molar-refractivity contribution < 1.29 is 5.11 Å². The third-order valence-corrected chi connectivity index (χ3v) is 3.54. The van der Waals surface area contributed by atoms with Crippen molar-refractivity contribution in [3.05, 3.63) is 51.7 Å². The number of thiophene rings is 1. The smallest absolute Gasteiger partial charge is 0.100 e. The molecule has 0 radical (unpaired) electrons. The minimum atomic E-state index is 0.179. The lowest BCUT2D eigenvalue weighted by molar-refractivity contribution is 0.299. The molecule has 0 saturated heterocycles. The second kappa shape index (κ2) is 6.20. The molecule has 1 heterocycles.